The highest BCUT2D eigenvalue weighted by Gasteiger charge is 2.53. The van der Waals surface area contributed by atoms with Crippen LogP contribution in [0, 0.1) is 23.7 Å². The van der Waals surface area contributed by atoms with Crippen LogP contribution in [0.2, 0.25) is 0 Å². The van der Waals surface area contributed by atoms with Gasteiger partial charge in [-0.3, -0.25) is 4.90 Å². The molecule has 1 aromatic rings. The van der Waals surface area contributed by atoms with Gasteiger partial charge in [0, 0.05) is 12.6 Å². The molecule has 1 aromatic heterocycles. The van der Waals surface area contributed by atoms with E-state index >= 15 is 0 Å². The molecule has 0 amide bonds. The zero-order valence-electron chi connectivity index (χ0n) is 13.3. The first-order valence-electron chi connectivity index (χ1n) is 8.67. The molecule has 3 aliphatic carbocycles. The van der Waals surface area contributed by atoms with Crippen molar-refractivity contribution in [3.63, 3.8) is 0 Å². The Hall–Kier alpha value is -0.800. The largest absolute Gasteiger partial charge is 0.468 e. The summed E-state index contributed by atoms with van der Waals surface area (Å²) in [5.41, 5.74) is 0. The highest BCUT2D eigenvalue weighted by Crippen LogP contribution is 2.58. The molecule has 3 fully saturated rings. The molecule has 2 bridgehead atoms. The third-order valence-electron chi connectivity index (χ3n) is 6.50. The van der Waals surface area contributed by atoms with Crippen molar-refractivity contribution in [2.45, 2.75) is 44.2 Å². The van der Waals surface area contributed by atoms with Gasteiger partial charge >= 0.3 is 0 Å². The fraction of sp³-hybridized carbons (Fsp3) is 0.778. The van der Waals surface area contributed by atoms with Crippen LogP contribution in [-0.4, -0.2) is 31.6 Å². The Morgan fingerprint density at radius 3 is 2.86 bits per heavy atom. The second-order valence-electron chi connectivity index (χ2n) is 7.66. The zero-order valence-corrected chi connectivity index (χ0v) is 13.3. The van der Waals surface area contributed by atoms with Crippen LogP contribution < -0.4 is 5.32 Å². The van der Waals surface area contributed by atoms with Crippen LogP contribution >= 0.6 is 0 Å². The molecule has 21 heavy (non-hydrogen) atoms. The summed E-state index contributed by atoms with van der Waals surface area (Å²) in [6, 6.07) is 5.19. The first-order chi connectivity index (χ1) is 10.2. The Bertz CT molecular complexity index is 470. The predicted molar refractivity (Wildman–Crippen MR) is 84.0 cm³/mol. The smallest absolute Gasteiger partial charge is 0.122 e. The highest BCUT2D eigenvalue weighted by molar-refractivity contribution is 5.08. The zero-order chi connectivity index (χ0) is 14.4. The minimum atomic E-state index is 0.346. The molecular formula is C18H28N2O. The van der Waals surface area contributed by atoms with Gasteiger partial charge in [0.2, 0.25) is 0 Å². The first kappa shape index (κ1) is 13.8. The number of furan rings is 1. The van der Waals surface area contributed by atoms with Crippen molar-refractivity contribution in [3.05, 3.63) is 24.2 Å². The number of nitrogens with zero attached hydrogens (tertiary/aromatic N) is 1. The third kappa shape index (κ3) is 2.35. The van der Waals surface area contributed by atoms with Gasteiger partial charge < -0.3 is 9.73 Å². The number of fused-ring (bicyclic) bond motifs is 5. The van der Waals surface area contributed by atoms with Gasteiger partial charge in [-0.15, -0.1) is 0 Å². The SMILES string of the molecule is CN(C)[C@H](CN[C@@H]1C[C@H]2C[C@H]1[C@H]1CCC[C@@H]21)c1ccco1. The second-order valence-corrected chi connectivity index (χ2v) is 7.66. The van der Waals surface area contributed by atoms with E-state index in [1.807, 2.05) is 6.07 Å². The molecule has 3 heteroatoms. The maximum Gasteiger partial charge on any atom is 0.122 e. The lowest BCUT2D eigenvalue weighted by Gasteiger charge is -2.34. The van der Waals surface area contributed by atoms with Crippen LogP contribution in [-0.2, 0) is 0 Å². The molecule has 3 saturated carbocycles. The van der Waals surface area contributed by atoms with Crippen LogP contribution in [0.3, 0.4) is 0 Å². The molecule has 1 heterocycles. The van der Waals surface area contributed by atoms with E-state index in [0.29, 0.717) is 6.04 Å². The average Bonchev–Trinajstić information content (AvgIpc) is 3.21. The number of rotatable bonds is 5. The second kappa shape index (κ2) is 5.44. The Morgan fingerprint density at radius 1 is 1.24 bits per heavy atom. The van der Waals surface area contributed by atoms with E-state index in [1.54, 1.807) is 6.26 Å². The van der Waals surface area contributed by atoms with E-state index in [4.69, 9.17) is 4.42 Å². The van der Waals surface area contributed by atoms with Gasteiger partial charge in [-0.05, 0) is 75.6 Å². The molecular weight excluding hydrogens is 260 g/mol. The van der Waals surface area contributed by atoms with Crippen molar-refractivity contribution in [2.75, 3.05) is 20.6 Å². The van der Waals surface area contributed by atoms with Gasteiger partial charge in [0.15, 0.2) is 0 Å². The first-order valence-corrected chi connectivity index (χ1v) is 8.67. The van der Waals surface area contributed by atoms with Crippen molar-refractivity contribution in [1.82, 2.24) is 10.2 Å². The Labute approximate surface area is 128 Å². The fourth-order valence-electron chi connectivity index (χ4n) is 5.58. The molecule has 4 rings (SSSR count). The van der Waals surface area contributed by atoms with Crippen molar-refractivity contribution < 1.29 is 4.42 Å². The van der Waals surface area contributed by atoms with Gasteiger partial charge in [-0.1, -0.05) is 6.42 Å². The van der Waals surface area contributed by atoms with Crippen LogP contribution in [0.1, 0.15) is 43.9 Å². The van der Waals surface area contributed by atoms with E-state index in [1.165, 1.54) is 32.1 Å². The number of nitrogens with one attached hydrogen (secondary N) is 1. The van der Waals surface area contributed by atoms with Crippen molar-refractivity contribution in [2.24, 2.45) is 23.7 Å². The van der Waals surface area contributed by atoms with Crippen LogP contribution in [0.4, 0.5) is 0 Å². The summed E-state index contributed by atoms with van der Waals surface area (Å²) in [4.78, 5) is 2.26. The van der Waals surface area contributed by atoms with Crippen molar-refractivity contribution >= 4 is 0 Å². The van der Waals surface area contributed by atoms with Crippen LogP contribution in [0.15, 0.2) is 22.8 Å². The van der Waals surface area contributed by atoms with E-state index in [9.17, 15) is 0 Å². The molecule has 0 saturated heterocycles. The highest BCUT2D eigenvalue weighted by atomic mass is 16.3. The lowest BCUT2D eigenvalue weighted by Crippen LogP contribution is -2.42. The number of hydrogen-bond acceptors (Lipinski definition) is 3. The topological polar surface area (TPSA) is 28.4 Å². The van der Waals surface area contributed by atoms with E-state index in [2.05, 4.69) is 30.4 Å². The van der Waals surface area contributed by atoms with Gasteiger partial charge in [-0.2, -0.15) is 0 Å². The molecule has 0 spiro atoms. The van der Waals surface area contributed by atoms with Gasteiger partial charge in [0.25, 0.3) is 0 Å². The maximum absolute atomic E-state index is 5.62. The van der Waals surface area contributed by atoms with Gasteiger partial charge in [0.1, 0.15) is 5.76 Å². The van der Waals surface area contributed by atoms with Crippen molar-refractivity contribution in [3.8, 4) is 0 Å². The fourth-order valence-corrected chi connectivity index (χ4v) is 5.58. The molecule has 116 valence electrons. The summed E-state index contributed by atoms with van der Waals surface area (Å²) in [5, 5.41) is 3.89. The quantitative estimate of drug-likeness (QED) is 0.901. The normalized spacial score (nSPS) is 39.1. The van der Waals surface area contributed by atoms with Gasteiger partial charge in [-0.25, -0.2) is 0 Å². The van der Waals surface area contributed by atoms with Crippen LogP contribution in [0.5, 0.6) is 0 Å². The summed E-state index contributed by atoms with van der Waals surface area (Å²) in [6.07, 6.45) is 9.21. The molecule has 0 aromatic carbocycles. The lowest BCUT2D eigenvalue weighted by molar-refractivity contribution is 0.186. The molecule has 0 aliphatic heterocycles. The molecule has 6 atom stereocenters. The minimum absolute atomic E-state index is 0.346. The molecule has 0 radical (unpaired) electrons. The summed E-state index contributed by atoms with van der Waals surface area (Å²) >= 11 is 0. The minimum Gasteiger partial charge on any atom is -0.468 e. The summed E-state index contributed by atoms with van der Waals surface area (Å²) < 4.78 is 5.62. The predicted octanol–water partition coefficient (Wildman–Crippen LogP) is 3.30. The van der Waals surface area contributed by atoms with E-state index < -0.39 is 0 Å². The van der Waals surface area contributed by atoms with Crippen LogP contribution in [0.25, 0.3) is 0 Å². The monoisotopic (exact) mass is 288 g/mol. The Kier molecular flexibility index (Phi) is 3.58. The molecule has 3 nitrogen and oxygen atoms in total. The third-order valence-corrected chi connectivity index (χ3v) is 6.50. The lowest BCUT2D eigenvalue weighted by atomic mass is 9.79. The van der Waals surface area contributed by atoms with E-state index in [0.717, 1.165) is 42.0 Å². The standard InChI is InChI=1S/C18H28N2O/c1-20(2)17(18-7-4-8-21-18)11-19-16-10-12-9-15(16)14-6-3-5-13(12)14/h4,7-8,12-17,19H,3,5-6,9-11H2,1-2H3/t12-,13+,14+,15+,16-,17-/m1/s1. The molecule has 3 aliphatic rings. The average molecular weight is 288 g/mol. The molecule has 0 unspecified atom stereocenters. The maximum atomic E-state index is 5.62. The Balaban J connectivity index is 1.39. The number of likely N-dealkylation sites (N-methyl/N-ethyl adjacent to an activating group) is 1. The van der Waals surface area contributed by atoms with Gasteiger partial charge in [0.05, 0.1) is 12.3 Å². The summed E-state index contributed by atoms with van der Waals surface area (Å²) in [7, 11) is 4.28. The summed E-state index contributed by atoms with van der Waals surface area (Å²) in [5.74, 6) is 5.20. The molecule has 1 N–H and O–H groups in total. The summed E-state index contributed by atoms with van der Waals surface area (Å²) in [6.45, 7) is 1.01. The van der Waals surface area contributed by atoms with Crippen molar-refractivity contribution in [1.29, 1.82) is 0 Å². The number of hydrogen-bond donors (Lipinski definition) is 1. The Morgan fingerprint density at radius 2 is 2.10 bits per heavy atom. The van der Waals surface area contributed by atoms with E-state index in [-0.39, 0.29) is 0 Å².